The van der Waals surface area contributed by atoms with Crippen LogP contribution in [0.4, 0.5) is 5.69 Å². The average Bonchev–Trinajstić information content (AvgIpc) is 2.75. The molecule has 0 spiro atoms. The van der Waals surface area contributed by atoms with Crippen molar-refractivity contribution in [2.45, 2.75) is 19.4 Å². The van der Waals surface area contributed by atoms with Crippen molar-refractivity contribution in [2.75, 3.05) is 5.32 Å². The van der Waals surface area contributed by atoms with Crippen molar-refractivity contribution in [3.05, 3.63) is 62.6 Å². The van der Waals surface area contributed by atoms with Gasteiger partial charge < -0.3 is 11.1 Å². The Morgan fingerprint density at radius 2 is 1.95 bits per heavy atom. The second kappa shape index (κ2) is 5.34. The standard InChI is InChI=1S/C16H14Cl2N2O/c1-8-2-10(4-11(17)3-8)16(19)12-5-9-6-15(21)20-14(9)7-13(12)18/h2-5,7,16H,6,19H2,1H3,(H,20,21). The highest BCUT2D eigenvalue weighted by molar-refractivity contribution is 6.32. The lowest BCUT2D eigenvalue weighted by molar-refractivity contribution is -0.115. The zero-order chi connectivity index (χ0) is 15.1. The Morgan fingerprint density at radius 1 is 1.19 bits per heavy atom. The van der Waals surface area contributed by atoms with Crippen LogP contribution in [-0.2, 0) is 11.2 Å². The Kier molecular flexibility index (Phi) is 3.66. The number of carbonyl (C=O) groups is 1. The third-order valence-corrected chi connectivity index (χ3v) is 4.15. The van der Waals surface area contributed by atoms with Gasteiger partial charge in [0.1, 0.15) is 0 Å². The van der Waals surface area contributed by atoms with Crippen molar-refractivity contribution in [3.63, 3.8) is 0 Å². The van der Waals surface area contributed by atoms with Gasteiger partial charge in [-0.1, -0.05) is 29.3 Å². The van der Waals surface area contributed by atoms with E-state index in [0.717, 1.165) is 27.9 Å². The molecule has 2 aromatic rings. The minimum absolute atomic E-state index is 0.0228. The van der Waals surface area contributed by atoms with E-state index in [1.807, 2.05) is 31.2 Å². The number of nitrogens with one attached hydrogen (secondary N) is 1. The fourth-order valence-electron chi connectivity index (χ4n) is 2.63. The molecule has 3 rings (SSSR count). The zero-order valence-corrected chi connectivity index (χ0v) is 12.9. The quantitative estimate of drug-likeness (QED) is 0.883. The molecule has 0 bridgehead atoms. The molecule has 0 aliphatic carbocycles. The van der Waals surface area contributed by atoms with Gasteiger partial charge in [0.25, 0.3) is 0 Å². The molecule has 3 nitrogen and oxygen atoms in total. The fourth-order valence-corrected chi connectivity index (χ4v) is 3.21. The topological polar surface area (TPSA) is 55.1 Å². The molecule has 1 unspecified atom stereocenters. The van der Waals surface area contributed by atoms with Gasteiger partial charge in [0.2, 0.25) is 5.91 Å². The highest BCUT2D eigenvalue weighted by Gasteiger charge is 2.22. The summed E-state index contributed by atoms with van der Waals surface area (Å²) in [6.45, 7) is 1.97. The highest BCUT2D eigenvalue weighted by Crippen LogP contribution is 2.35. The smallest absolute Gasteiger partial charge is 0.228 e. The second-order valence-corrected chi connectivity index (χ2v) is 6.14. The molecule has 21 heavy (non-hydrogen) atoms. The maximum absolute atomic E-state index is 11.4. The zero-order valence-electron chi connectivity index (χ0n) is 11.4. The molecule has 1 aliphatic heterocycles. The molecule has 0 radical (unpaired) electrons. The lowest BCUT2D eigenvalue weighted by atomic mass is 9.96. The number of amides is 1. The Labute approximate surface area is 133 Å². The molecule has 5 heteroatoms. The maximum atomic E-state index is 11.4. The molecule has 3 N–H and O–H groups in total. The van der Waals surface area contributed by atoms with E-state index in [1.54, 1.807) is 6.07 Å². The number of rotatable bonds is 2. The van der Waals surface area contributed by atoms with Crippen LogP contribution in [-0.4, -0.2) is 5.91 Å². The van der Waals surface area contributed by atoms with Gasteiger partial charge in [-0.3, -0.25) is 4.79 Å². The predicted octanol–water partition coefficient (Wildman–Crippen LogP) is 3.84. The van der Waals surface area contributed by atoms with E-state index in [0.29, 0.717) is 16.5 Å². The Bertz CT molecular complexity index is 723. The van der Waals surface area contributed by atoms with Crippen LogP contribution >= 0.6 is 23.2 Å². The first kappa shape index (κ1) is 14.4. The van der Waals surface area contributed by atoms with E-state index >= 15 is 0 Å². The van der Waals surface area contributed by atoms with Crippen molar-refractivity contribution >= 4 is 34.8 Å². The Hall–Kier alpha value is -1.55. The van der Waals surface area contributed by atoms with Gasteiger partial charge in [-0.25, -0.2) is 0 Å². The summed E-state index contributed by atoms with van der Waals surface area (Å²) in [4.78, 5) is 11.4. The first-order valence-corrected chi connectivity index (χ1v) is 7.34. The van der Waals surface area contributed by atoms with Gasteiger partial charge in [-0.05, 0) is 53.4 Å². The number of carbonyl (C=O) groups excluding carboxylic acids is 1. The molecule has 1 amide bonds. The molecule has 108 valence electrons. The van der Waals surface area contributed by atoms with Crippen LogP contribution in [0.15, 0.2) is 30.3 Å². The van der Waals surface area contributed by atoms with Gasteiger partial charge in [-0.15, -0.1) is 0 Å². The number of hydrogen-bond donors (Lipinski definition) is 2. The minimum Gasteiger partial charge on any atom is -0.325 e. The second-order valence-electron chi connectivity index (χ2n) is 5.30. The Morgan fingerprint density at radius 3 is 2.67 bits per heavy atom. The average molecular weight is 321 g/mol. The van der Waals surface area contributed by atoms with E-state index in [9.17, 15) is 4.79 Å². The lowest BCUT2D eigenvalue weighted by Gasteiger charge is -2.16. The number of anilines is 1. The SMILES string of the molecule is Cc1cc(Cl)cc(C(N)c2cc3c(cc2Cl)NC(=O)C3)c1. The summed E-state index contributed by atoms with van der Waals surface area (Å²) in [6, 6.07) is 8.99. The maximum Gasteiger partial charge on any atom is 0.228 e. The number of benzene rings is 2. The normalized spacial score (nSPS) is 14.8. The molecule has 2 aromatic carbocycles. The van der Waals surface area contributed by atoms with Crippen molar-refractivity contribution in [3.8, 4) is 0 Å². The first-order valence-electron chi connectivity index (χ1n) is 6.59. The first-order chi connectivity index (χ1) is 9.94. The van der Waals surface area contributed by atoms with Crippen LogP contribution < -0.4 is 11.1 Å². The van der Waals surface area contributed by atoms with Crippen LogP contribution in [0.5, 0.6) is 0 Å². The van der Waals surface area contributed by atoms with Crippen LogP contribution in [0.2, 0.25) is 10.0 Å². The highest BCUT2D eigenvalue weighted by atomic mass is 35.5. The summed E-state index contributed by atoms with van der Waals surface area (Å²) >= 11 is 12.4. The van der Waals surface area contributed by atoms with Crippen LogP contribution in [0, 0.1) is 6.92 Å². The van der Waals surface area contributed by atoms with E-state index in [4.69, 9.17) is 28.9 Å². The number of hydrogen-bond acceptors (Lipinski definition) is 2. The number of aryl methyl sites for hydroxylation is 1. The number of halogens is 2. The summed E-state index contributed by atoms with van der Waals surface area (Å²) in [5, 5.41) is 3.97. The summed E-state index contributed by atoms with van der Waals surface area (Å²) in [5.74, 6) is -0.0228. The van der Waals surface area contributed by atoms with Gasteiger partial charge >= 0.3 is 0 Å². The summed E-state index contributed by atoms with van der Waals surface area (Å²) < 4.78 is 0. The van der Waals surface area contributed by atoms with E-state index in [1.165, 1.54) is 0 Å². The molecule has 0 aromatic heterocycles. The summed E-state index contributed by atoms with van der Waals surface area (Å²) in [5.41, 5.74) is 10.8. The van der Waals surface area contributed by atoms with Crippen LogP contribution in [0.25, 0.3) is 0 Å². The Balaban J connectivity index is 2.04. The van der Waals surface area contributed by atoms with E-state index in [-0.39, 0.29) is 11.9 Å². The van der Waals surface area contributed by atoms with Crippen molar-refractivity contribution < 1.29 is 4.79 Å². The van der Waals surface area contributed by atoms with E-state index < -0.39 is 0 Å². The van der Waals surface area contributed by atoms with Crippen molar-refractivity contribution in [1.82, 2.24) is 0 Å². The monoisotopic (exact) mass is 320 g/mol. The molecule has 0 saturated heterocycles. The summed E-state index contributed by atoms with van der Waals surface area (Å²) in [7, 11) is 0. The van der Waals surface area contributed by atoms with Crippen molar-refractivity contribution in [2.24, 2.45) is 5.73 Å². The largest absolute Gasteiger partial charge is 0.325 e. The number of fused-ring (bicyclic) bond motifs is 1. The van der Waals surface area contributed by atoms with Crippen molar-refractivity contribution in [1.29, 1.82) is 0 Å². The van der Waals surface area contributed by atoms with E-state index in [2.05, 4.69) is 5.32 Å². The van der Waals surface area contributed by atoms with Gasteiger partial charge in [0.15, 0.2) is 0 Å². The number of nitrogens with two attached hydrogens (primary N) is 1. The molecule has 1 heterocycles. The van der Waals surface area contributed by atoms with Crippen LogP contribution in [0.3, 0.4) is 0 Å². The fraction of sp³-hybridized carbons (Fsp3) is 0.188. The molecular formula is C16H14Cl2N2O. The van der Waals surface area contributed by atoms with Gasteiger partial charge in [0, 0.05) is 15.7 Å². The third-order valence-electron chi connectivity index (χ3n) is 3.61. The molecule has 0 saturated carbocycles. The van der Waals surface area contributed by atoms with Gasteiger partial charge in [0.05, 0.1) is 12.5 Å². The molecule has 1 aliphatic rings. The molecular weight excluding hydrogens is 307 g/mol. The third kappa shape index (κ3) is 2.77. The summed E-state index contributed by atoms with van der Waals surface area (Å²) in [6.07, 6.45) is 0.362. The minimum atomic E-state index is -0.379. The van der Waals surface area contributed by atoms with Crippen LogP contribution in [0.1, 0.15) is 28.3 Å². The molecule has 1 atom stereocenters. The predicted molar refractivity (Wildman–Crippen MR) is 86.0 cm³/mol. The lowest BCUT2D eigenvalue weighted by Crippen LogP contribution is -2.13. The van der Waals surface area contributed by atoms with Gasteiger partial charge in [-0.2, -0.15) is 0 Å². The molecule has 0 fully saturated rings.